The molecule has 0 bridgehead atoms. The van der Waals surface area contributed by atoms with Crippen LogP contribution in [0.5, 0.6) is 0 Å². The van der Waals surface area contributed by atoms with Crippen LogP contribution < -0.4 is 11.1 Å². The second-order valence-electron chi connectivity index (χ2n) is 6.74. The van der Waals surface area contributed by atoms with Crippen molar-refractivity contribution >= 4 is 17.8 Å². The number of carboxylic acid groups (broad SMARTS) is 1. The quantitative estimate of drug-likeness (QED) is 0.601. The number of hydrogen-bond acceptors (Lipinski definition) is 5. The Morgan fingerprint density at radius 3 is 2.46 bits per heavy atom. The molecule has 1 aliphatic heterocycles. The minimum absolute atomic E-state index is 0.375. The van der Waals surface area contributed by atoms with Gasteiger partial charge in [0, 0.05) is 20.0 Å². The van der Waals surface area contributed by atoms with Crippen molar-refractivity contribution in [2.75, 3.05) is 13.1 Å². The van der Waals surface area contributed by atoms with Gasteiger partial charge in [0.15, 0.2) is 6.10 Å². The van der Waals surface area contributed by atoms with Crippen LogP contribution in [0.3, 0.4) is 0 Å². The van der Waals surface area contributed by atoms with Crippen LogP contribution in [0.2, 0.25) is 0 Å². The largest absolute Gasteiger partial charge is 0.475 e. The lowest BCUT2D eigenvalue weighted by Gasteiger charge is -2.37. The van der Waals surface area contributed by atoms with E-state index in [1.807, 2.05) is 37.3 Å². The molecule has 1 unspecified atom stereocenters. The second-order valence-corrected chi connectivity index (χ2v) is 6.74. The van der Waals surface area contributed by atoms with E-state index in [1.54, 1.807) is 4.90 Å². The number of amides is 2. The Balaban J connectivity index is 2.21. The molecule has 0 fully saturated rings. The van der Waals surface area contributed by atoms with Crippen molar-refractivity contribution in [2.45, 2.75) is 44.9 Å². The summed E-state index contributed by atoms with van der Waals surface area (Å²) in [5, 5.41) is 11.9. The van der Waals surface area contributed by atoms with Gasteiger partial charge in [-0.25, -0.2) is 4.79 Å². The number of benzene rings is 1. The monoisotopic (exact) mass is 389 g/mol. The lowest BCUT2D eigenvalue weighted by Crippen LogP contribution is -2.61. The van der Waals surface area contributed by atoms with Gasteiger partial charge in [0.2, 0.25) is 11.7 Å². The van der Waals surface area contributed by atoms with Gasteiger partial charge in [-0.2, -0.15) is 0 Å². The zero-order valence-corrected chi connectivity index (χ0v) is 16.1. The Hall–Kier alpha value is -2.87. The summed E-state index contributed by atoms with van der Waals surface area (Å²) in [6, 6.07) is 8.05. The summed E-state index contributed by atoms with van der Waals surface area (Å²) in [4.78, 5) is 37.7. The topological polar surface area (TPSA) is 122 Å². The molecule has 0 aliphatic carbocycles. The number of carbonyl (C=O) groups excluding carboxylic acids is 2. The van der Waals surface area contributed by atoms with Gasteiger partial charge in [-0.15, -0.1) is 0 Å². The normalized spacial score (nSPS) is 21.2. The third-order valence-corrected chi connectivity index (χ3v) is 4.48. The SMILES string of the molecule is CCCN(CCc1ccccc1)C(=O)[C@@H]1OC(C(=O)O)=CC(N)[C@H]1NC(C)=O. The van der Waals surface area contributed by atoms with E-state index < -0.39 is 24.2 Å². The number of nitrogens with two attached hydrogens (primary N) is 1. The number of carboxylic acids is 1. The summed E-state index contributed by atoms with van der Waals surface area (Å²) in [6.07, 6.45) is 1.39. The highest BCUT2D eigenvalue weighted by atomic mass is 16.5. The molecule has 0 aromatic heterocycles. The van der Waals surface area contributed by atoms with E-state index in [4.69, 9.17) is 10.5 Å². The third kappa shape index (κ3) is 5.56. The Morgan fingerprint density at radius 2 is 1.89 bits per heavy atom. The Bertz CT molecular complexity index is 735. The molecule has 2 amide bonds. The summed E-state index contributed by atoms with van der Waals surface area (Å²) in [5.41, 5.74) is 7.10. The molecule has 8 heteroatoms. The predicted molar refractivity (Wildman–Crippen MR) is 103 cm³/mol. The molecular weight excluding hydrogens is 362 g/mol. The van der Waals surface area contributed by atoms with Crippen LogP contribution in [0.25, 0.3) is 0 Å². The lowest BCUT2D eigenvalue weighted by molar-refractivity contribution is -0.149. The summed E-state index contributed by atoms with van der Waals surface area (Å²) in [5.74, 6) is -2.45. The first-order chi connectivity index (χ1) is 13.3. The maximum absolute atomic E-state index is 13.2. The van der Waals surface area contributed by atoms with Gasteiger partial charge in [-0.05, 0) is 24.5 Å². The van der Waals surface area contributed by atoms with Crippen molar-refractivity contribution in [3.05, 3.63) is 47.7 Å². The smallest absolute Gasteiger partial charge is 0.370 e. The van der Waals surface area contributed by atoms with Gasteiger partial charge in [0.1, 0.15) is 0 Å². The summed E-state index contributed by atoms with van der Waals surface area (Å²) < 4.78 is 5.45. The number of rotatable bonds is 8. The van der Waals surface area contributed by atoms with Gasteiger partial charge in [-0.1, -0.05) is 37.3 Å². The molecule has 3 atom stereocenters. The van der Waals surface area contributed by atoms with E-state index in [2.05, 4.69) is 5.32 Å². The third-order valence-electron chi connectivity index (χ3n) is 4.48. The van der Waals surface area contributed by atoms with Crippen LogP contribution in [0.4, 0.5) is 0 Å². The predicted octanol–water partition coefficient (Wildman–Crippen LogP) is 0.667. The summed E-state index contributed by atoms with van der Waals surface area (Å²) in [6.45, 7) is 4.19. The van der Waals surface area contributed by atoms with Gasteiger partial charge >= 0.3 is 5.97 Å². The van der Waals surface area contributed by atoms with Crippen LogP contribution in [0, 0.1) is 0 Å². The molecule has 0 saturated heterocycles. The standard InChI is InChI=1S/C20H27N3O5/c1-3-10-23(11-9-14-7-5-4-6-8-14)19(25)18-17(22-13(2)24)15(21)12-16(28-18)20(26)27/h4-8,12,15,17-18H,3,9-11,21H2,1-2H3,(H,22,24)(H,26,27)/t15?,17-,18-/m1/s1. The van der Waals surface area contributed by atoms with Crippen LogP contribution >= 0.6 is 0 Å². The minimum atomic E-state index is -1.30. The Morgan fingerprint density at radius 1 is 1.21 bits per heavy atom. The highest BCUT2D eigenvalue weighted by molar-refractivity contribution is 5.88. The first-order valence-electron chi connectivity index (χ1n) is 9.30. The molecule has 1 aromatic carbocycles. The average molecular weight is 389 g/mol. The van der Waals surface area contributed by atoms with E-state index in [0.29, 0.717) is 19.5 Å². The molecule has 28 heavy (non-hydrogen) atoms. The molecule has 0 spiro atoms. The second kappa shape index (κ2) is 9.89. The molecule has 2 rings (SSSR count). The van der Waals surface area contributed by atoms with E-state index in [1.165, 1.54) is 13.0 Å². The molecule has 8 nitrogen and oxygen atoms in total. The molecule has 4 N–H and O–H groups in total. The zero-order chi connectivity index (χ0) is 20.7. The van der Waals surface area contributed by atoms with Crippen molar-refractivity contribution < 1.29 is 24.2 Å². The molecule has 0 radical (unpaired) electrons. The highest BCUT2D eigenvalue weighted by Crippen LogP contribution is 2.20. The zero-order valence-electron chi connectivity index (χ0n) is 16.1. The summed E-state index contributed by atoms with van der Waals surface area (Å²) >= 11 is 0. The van der Waals surface area contributed by atoms with E-state index in [9.17, 15) is 19.5 Å². The van der Waals surface area contributed by atoms with Gasteiger partial charge in [0.05, 0.1) is 12.1 Å². The number of hydrogen-bond donors (Lipinski definition) is 3. The fraction of sp³-hybridized carbons (Fsp3) is 0.450. The fourth-order valence-electron chi connectivity index (χ4n) is 3.15. The molecule has 1 aliphatic rings. The number of nitrogens with zero attached hydrogens (tertiary/aromatic N) is 1. The van der Waals surface area contributed by atoms with Crippen LogP contribution in [0.15, 0.2) is 42.2 Å². The molecule has 1 aromatic rings. The Kier molecular flexibility index (Phi) is 7.57. The van der Waals surface area contributed by atoms with Crippen molar-refractivity contribution in [3.63, 3.8) is 0 Å². The summed E-state index contributed by atoms with van der Waals surface area (Å²) in [7, 11) is 0. The van der Waals surface area contributed by atoms with Crippen molar-refractivity contribution in [2.24, 2.45) is 5.73 Å². The van der Waals surface area contributed by atoms with Crippen molar-refractivity contribution in [1.29, 1.82) is 0 Å². The van der Waals surface area contributed by atoms with E-state index in [0.717, 1.165) is 12.0 Å². The van der Waals surface area contributed by atoms with E-state index in [-0.39, 0.29) is 17.6 Å². The molecule has 152 valence electrons. The van der Waals surface area contributed by atoms with Crippen LogP contribution in [0.1, 0.15) is 25.8 Å². The fourth-order valence-corrected chi connectivity index (χ4v) is 3.15. The number of aliphatic carboxylic acids is 1. The maximum Gasteiger partial charge on any atom is 0.370 e. The van der Waals surface area contributed by atoms with Crippen LogP contribution in [-0.2, 0) is 25.5 Å². The highest BCUT2D eigenvalue weighted by Gasteiger charge is 2.41. The first-order valence-corrected chi connectivity index (χ1v) is 9.30. The van der Waals surface area contributed by atoms with Gasteiger partial charge < -0.3 is 25.8 Å². The van der Waals surface area contributed by atoms with Crippen molar-refractivity contribution in [3.8, 4) is 0 Å². The van der Waals surface area contributed by atoms with Crippen LogP contribution in [-0.4, -0.2) is 59.1 Å². The first kappa shape index (κ1) is 21.4. The lowest BCUT2D eigenvalue weighted by atomic mass is 9.97. The van der Waals surface area contributed by atoms with Gasteiger partial charge in [0.25, 0.3) is 5.91 Å². The molecule has 1 heterocycles. The molecular formula is C20H27N3O5. The number of nitrogens with one attached hydrogen (secondary N) is 1. The molecule has 0 saturated carbocycles. The van der Waals surface area contributed by atoms with Crippen molar-refractivity contribution in [1.82, 2.24) is 10.2 Å². The van der Waals surface area contributed by atoms with E-state index >= 15 is 0 Å². The Labute approximate surface area is 164 Å². The van der Waals surface area contributed by atoms with Gasteiger partial charge in [-0.3, -0.25) is 9.59 Å². The average Bonchev–Trinajstić information content (AvgIpc) is 2.66. The number of ether oxygens (including phenoxy) is 1. The minimum Gasteiger partial charge on any atom is -0.475 e. The maximum atomic E-state index is 13.2. The number of carbonyl (C=O) groups is 3.